The second-order valence-electron chi connectivity index (χ2n) is 6.38. The molecule has 3 rings (SSSR count). The highest BCUT2D eigenvalue weighted by Crippen LogP contribution is 2.29. The van der Waals surface area contributed by atoms with Gasteiger partial charge in [0.1, 0.15) is 11.3 Å². The van der Waals surface area contributed by atoms with Crippen LogP contribution in [0.1, 0.15) is 38.5 Å². The molecule has 1 saturated carbocycles. The number of nitrogens with zero attached hydrogens (tertiary/aromatic N) is 2. The van der Waals surface area contributed by atoms with E-state index in [-0.39, 0.29) is 18.4 Å². The molecule has 1 aromatic rings. The highest BCUT2D eigenvalue weighted by molar-refractivity contribution is 5.95. The van der Waals surface area contributed by atoms with E-state index in [1.807, 2.05) is 12.1 Å². The summed E-state index contributed by atoms with van der Waals surface area (Å²) in [5.41, 5.74) is 0.129. The molecular weight excluding hydrogens is 306 g/mol. The fourth-order valence-corrected chi connectivity index (χ4v) is 3.34. The molecule has 2 aliphatic rings. The van der Waals surface area contributed by atoms with E-state index < -0.39 is 5.54 Å². The predicted octanol–water partition coefficient (Wildman–Crippen LogP) is 2.14. The molecule has 0 atom stereocenters. The molecular formula is C18H21N3O3. The molecule has 1 aliphatic heterocycles. The molecule has 0 unspecified atom stereocenters. The van der Waals surface area contributed by atoms with Crippen molar-refractivity contribution in [3.63, 3.8) is 0 Å². The van der Waals surface area contributed by atoms with Crippen molar-refractivity contribution in [2.24, 2.45) is 0 Å². The van der Waals surface area contributed by atoms with E-state index in [1.165, 1.54) is 0 Å². The summed E-state index contributed by atoms with van der Waals surface area (Å²) in [5, 5.41) is 12.1. The minimum Gasteiger partial charge on any atom is -0.484 e. The van der Waals surface area contributed by atoms with E-state index in [0.717, 1.165) is 31.5 Å². The van der Waals surface area contributed by atoms with E-state index >= 15 is 0 Å². The van der Waals surface area contributed by atoms with Crippen LogP contribution in [0.5, 0.6) is 5.75 Å². The number of amides is 2. The van der Waals surface area contributed by atoms with Crippen LogP contribution in [-0.2, 0) is 9.59 Å². The molecule has 1 N–H and O–H groups in total. The Labute approximate surface area is 141 Å². The fourth-order valence-electron chi connectivity index (χ4n) is 3.34. The van der Waals surface area contributed by atoms with Crippen LogP contribution in [-0.4, -0.2) is 30.5 Å². The molecule has 0 radical (unpaired) electrons. The molecule has 2 fully saturated rings. The standard InChI is InChI=1S/C18H21N3O3/c19-13-18(9-1-2-10-18)20-16(22)12-24-15-7-5-14(6-8-15)21-11-3-4-17(21)23/h5-8H,1-4,9-12H2,(H,20,22). The van der Waals surface area contributed by atoms with Crippen molar-refractivity contribution in [3.8, 4) is 11.8 Å². The average molecular weight is 327 g/mol. The van der Waals surface area contributed by atoms with Gasteiger partial charge in [-0.25, -0.2) is 0 Å². The molecule has 2 amide bonds. The summed E-state index contributed by atoms with van der Waals surface area (Å²) < 4.78 is 5.49. The lowest BCUT2D eigenvalue weighted by atomic mass is 10.00. The largest absolute Gasteiger partial charge is 0.484 e. The van der Waals surface area contributed by atoms with Gasteiger partial charge < -0.3 is 15.0 Å². The Kier molecular flexibility index (Phi) is 4.70. The second kappa shape index (κ2) is 6.91. The zero-order chi connectivity index (χ0) is 17.0. The number of carbonyl (C=O) groups excluding carboxylic acids is 2. The van der Waals surface area contributed by atoms with Gasteiger partial charge in [-0.1, -0.05) is 0 Å². The van der Waals surface area contributed by atoms with Gasteiger partial charge in [0.25, 0.3) is 5.91 Å². The van der Waals surface area contributed by atoms with Crippen molar-refractivity contribution < 1.29 is 14.3 Å². The van der Waals surface area contributed by atoms with Gasteiger partial charge in [0.05, 0.1) is 6.07 Å². The van der Waals surface area contributed by atoms with Gasteiger partial charge in [0, 0.05) is 18.7 Å². The summed E-state index contributed by atoms with van der Waals surface area (Å²) in [7, 11) is 0. The first-order valence-electron chi connectivity index (χ1n) is 8.37. The number of nitrogens with one attached hydrogen (secondary N) is 1. The average Bonchev–Trinajstić information content (AvgIpc) is 3.23. The Morgan fingerprint density at radius 1 is 1.25 bits per heavy atom. The number of nitriles is 1. The molecule has 1 heterocycles. The number of rotatable bonds is 5. The fraction of sp³-hybridized carbons (Fsp3) is 0.500. The molecule has 0 aromatic heterocycles. The third-order valence-electron chi connectivity index (χ3n) is 4.64. The van der Waals surface area contributed by atoms with Gasteiger partial charge in [0.2, 0.25) is 5.91 Å². The molecule has 126 valence electrons. The number of anilines is 1. The lowest BCUT2D eigenvalue weighted by molar-refractivity contribution is -0.124. The van der Waals surface area contributed by atoms with E-state index in [1.54, 1.807) is 17.0 Å². The van der Waals surface area contributed by atoms with Gasteiger partial charge >= 0.3 is 0 Å². The van der Waals surface area contributed by atoms with E-state index in [4.69, 9.17) is 4.74 Å². The Hall–Kier alpha value is -2.55. The van der Waals surface area contributed by atoms with Crippen molar-refractivity contribution >= 4 is 17.5 Å². The van der Waals surface area contributed by atoms with Crippen LogP contribution in [0.4, 0.5) is 5.69 Å². The van der Waals surface area contributed by atoms with Crippen LogP contribution < -0.4 is 15.0 Å². The van der Waals surface area contributed by atoms with Gasteiger partial charge in [-0.15, -0.1) is 0 Å². The normalized spacial score (nSPS) is 19.1. The number of hydrogen-bond acceptors (Lipinski definition) is 4. The van der Waals surface area contributed by atoms with Crippen molar-refractivity contribution in [2.75, 3.05) is 18.1 Å². The maximum absolute atomic E-state index is 12.0. The van der Waals surface area contributed by atoms with Crippen LogP contribution in [0.2, 0.25) is 0 Å². The maximum atomic E-state index is 12.0. The van der Waals surface area contributed by atoms with Gasteiger partial charge in [-0.2, -0.15) is 5.26 Å². The van der Waals surface area contributed by atoms with Crippen LogP contribution in [0.25, 0.3) is 0 Å². The third kappa shape index (κ3) is 3.51. The number of benzene rings is 1. The van der Waals surface area contributed by atoms with Crippen LogP contribution in [0.3, 0.4) is 0 Å². The second-order valence-corrected chi connectivity index (χ2v) is 6.38. The Balaban J connectivity index is 1.52. The zero-order valence-corrected chi connectivity index (χ0v) is 13.6. The van der Waals surface area contributed by atoms with E-state index in [0.29, 0.717) is 25.0 Å². The molecule has 1 aliphatic carbocycles. The van der Waals surface area contributed by atoms with Crippen molar-refractivity contribution in [3.05, 3.63) is 24.3 Å². The highest BCUT2D eigenvalue weighted by atomic mass is 16.5. The van der Waals surface area contributed by atoms with Gasteiger partial charge in [0.15, 0.2) is 6.61 Å². The molecule has 6 heteroatoms. The number of carbonyl (C=O) groups is 2. The zero-order valence-electron chi connectivity index (χ0n) is 13.6. The first-order valence-corrected chi connectivity index (χ1v) is 8.37. The van der Waals surface area contributed by atoms with Crippen molar-refractivity contribution in [1.29, 1.82) is 5.26 Å². The summed E-state index contributed by atoms with van der Waals surface area (Å²) in [5.74, 6) is 0.427. The smallest absolute Gasteiger partial charge is 0.259 e. The summed E-state index contributed by atoms with van der Waals surface area (Å²) in [6.07, 6.45) is 4.81. The first kappa shape index (κ1) is 16.3. The van der Waals surface area contributed by atoms with Gasteiger partial charge in [-0.05, 0) is 56.4 Å². The van der Waals surface area contributed by atoms with Crippen LogP contribution in [0.15, 0.2) is 24.3 Å². The first-order chi connectivity index (χ1) is 11.6. The molecule has 24 heavy (non-hydrogen) atoms. The van der Waals surface area contributed by atoms with E-state index in [2.05, 4.69) is 11.4 Å². The van der Waals surface area contributed by atoms with Crippen molar-refractivity contribution in [2.45, 2.75) is 44.1 Å². The minimum atomic E-state index is -0.722. The van der Waals surface area contributed by atoms with Gasteiger partial charge in [-0.3, -0.25) is 9.59 Å². The number of hydrogen-bond donors (Lipinski definition) is 1. The quantitative estimate of drug-likeness (QED) is 0.898. The lowest BCUT2D eigenvalue weighted by Crippen LogP contribution is -2.47. The number of ether oxygens (including phenoxy) is 1. The minimum absolute atomic E-state index is 0.120. The Bertz CT molecular complexity index is 657. The highest BCUT2D eigenvalue weighted by Gasteiger charge is 2.35. The lowest BCUT2D eigenvalue weighted by Gasteiger charge is -2.22. The maximum Gasteiger partial charge on any atom is 0.259 e. The Morgan fingerprint density at radius 2 is 1.96 bits per heavy atom. The summed E-state index contributed by atoms with van der Waals surface area (Å²) in [6.45, 7) is 0.628. The predicted molar refractivity (Wildman–Crippen MR) is 88.5 cm³/mol. The monoisotopic (exact) mass is 327 g/mol. The summed E-state index contributed by atoms with van der Waals surface area (Å²) in [6, 6.07) is 9.38. The molecule has 0 spiro atoms. The molecule has 1 aromatic carbocycles. The SMILES string of the molecule is N#CC1(NC(=O)COc2ccc(N3CCCC3=O)cc2)CCCC1. The molecule has 0 bridgehead atoms. The van der Waals surface area contributed by atoms with Crippen LogP contribution in [0, 0.1) is 11.3 Å². The summed E-state index contributed by atoms with van der Waals surface area (Å²) >= 11 is 0. The van der Waals surface area contributed by atoms with E-state index in [9.17, 15) is 14.9 Å². The topological polar surface area (TPSA) is 82.4 Å². The molecule has 6 nitrogen and oxygen atoms in total. The van der Waals surface area contributed by atoms with Crippen molar-refractivity contribution in [1.82, 2.24) is 5.32 Å². The summed E-state index contributed by atoms with van der Waals surface area (Å²) in [4.78, 5) is 25.5. The Morgan fingerprint density at radius 3 is 2.54 bits per heavy atom. The third-order valence-corrected chi connectivity index (χ3v) is 4.64. The molecule has 1 saturated heterocycles. The van der Waals surface area contributed by atoms with Crippen LogP contribution >= 0.6 is 0 Å².